The molecule has 0 amide bonds. The summed E-state index contributed by atoms with van der Waals surface area (Å²) in [4.78, 5) is 0. The van der Waals surface area contributed by atoms with E-state index in [2.05, 4.69) is 15.5 Å². The average molecular weight is 250 g/mol. The maximum Gasteiger partial charge on any atom is 0.153 e. The topological polar surface area (TPSA) is 47.0 Å². The van der Waals surface area contributed by atoms with E-state index in [1.165, 1.54) is 0 Å². The van der Waals surface area contributed by atoms with Crippen LogP contribution in [0, 0.1) is 6.92 Å². The Morgan fingerprint density at radius 1 is 1.18 bits per heavy atom. The van der Waals surface area contributed by atoms with Gasteiger partial charge in [-0.3, -0.25) is 0 Å². The zero-order chi connectivity index (χ0) is 12.3. The molecule has 88 valence electrons. The summed E-state index contributed by atoms with van der Waals surface area (Å²) in [6.07, 6.45) is 0. The van der Waals surface area contributed by atoms with Crippen LogP contribution in [-0.2, 0) is 0 Å². The molecule has 1 aromatic heterocycles. The summed E-state index contributed by atoms with van der Waals surface area (Å²) in [6, 6.07) is 9.24. The SMILES string of the molecule is COc1ccc(Nc2ccc(Cl)nn2)c(C)c1. The van der Waals surface area contributed by atoms with Crippen molar-refractivity contribution in [3.05, 3.63) is 41.0 Å². The van der Waals surface area contributed by atoms with Crippen LogP contribution in [0.1, 0.15) is 5.56 Å². The zero-order valence-corrected chi connectivity index (χ0v) is 10.3. The van der Waals surface area contributed by atoms with Crippen molar-refractivity contribution < 1.29 is 4.74 Å². The van der Waals surface area contributed by atoms with Gasteiger partial charge in [-0.05, 0) is 42.8 Å². The van der Waals surface area contributed by atoms with E-state index in [0.29, 0.717) is 11.0 Å². The summed E-state index contributed by atoms with van der Waals surface area (Å²) < 4.78 is 5.14. The Kier molecular flexibility index (Phi) is 3.44. The maximum atomic E-state index is 5.67. The number of ether oxygens (including phenoxy) is 1. The molecular weight excluding hydrogens is 238 g/mol. The molecule has 4 nitrogen and oxygen atoms in total. The molecule has 0 unspecified atom stereocenters. The Bertz CT molecular complexity index is 514. The minimum Gasteiger partial charge on any atom is -0.497 e. The first-order chi connectivity index (χ1) is 8.19. The highest BCUT2D eigenvalue weighted by molar-refractivity contribution is 6.29. The molecule has 0 saturated carbocycles. The predicted octanol–water partition coefficient (Wildman–Crippen LogP) is 3.19. The number of nitrogens with one attached hydrogen (secondary N) is 1. The van der Waals surface area contributed by atoms with E-state index in [1.54, 1.807) is 19.2 Å². The molecule has 0 aliphatic rings. The van der Waals surface area contributed by atoms with Gasteiger partial charge in [0.05, 0.1) is 7.11 Å². The number of anilines is 2. The predicted molar refractivity (Wildman–Crippen MR) is 68.1 cm³/mol. The molecule has 1 heterocycles. The van der Waals surface area contributed by atoms with E-state index in [-0.39, 0.29) is 0 Å². The quantitative estimate of drug-likeness (QED) is 0.908. The van der Waals surface area contributed by atoms with Crippen LogP contribution in [-0.4, -0.2) is 17.3 Å². The molecule has 0 bridgehead atoms. The molecule has 1 aromatic carbocycles. The third-order valence-corrected chi connectivity index (χ3v) is 2.53. The van der Waals surface area contributed by atoms with E-state index in [0.717, 1.165) is 17.0 Å². The molecule has 0 aliphatic heterocycles. The molecule has 1 N–H and O–H groups in total. The molecule has 5 heteroatoms. The number of halogens is 1. The zero-order valence-electron chi connectivity index (χ0n) is 9.57. The van der Waals surface area contributed by atoms with Crippen molar-refractivity contribution in [3.8, 4) is 5.75 Å². The van der Waals surface area contributed by atoms with Crippen molar-refractivity contribution in [2.24, 2.45) is 0 Å². The second-order valence-corrected chi connectivity index (χ2v) is 3.93. The van der Waals surface area contributed by atoms with Crippen molar-refractivity contribution in [2.75, 3.05) is 12.4 Å². The van der Waals surface area contributed by atoms with Gasteiger partial charge in [0.25, 0.3) is 0 Å². The van der Waals surface area contributed by atoms with Crippen molar-refractivity contribution in [1.29, 1.82) is 0 Å². The van der Waals surface area contributed by atoms with Crippen LogP contribution in [0.5, 0.6) is 5.75 Å². The van der Waals surface area contributed by atoms with Crippen molar-refractivity contribution in [1.82, 2.24) is 10.2 Å². The van der Waals surface area contributed by atoms with Crippen LogP contribution in [0.2, 0.25) is 5.15 Å². The Morgan fingerprint density at radius 2 is 2.00 bits per heavy atom. The fourth-order valence-electron chi connectivity index (χ4n) is 1.42. The Hall–Kier alpha value is -1.81. The monoisotopic (exact) mass is 249 g/mol. The lowest BCUT2D eigenvalue weighted by molar-refractivity contribution is 0.414. The summed E-state index contributed by atoms with van der Waals surface area (Å²) in [5, 5.41) is 11.2. The van der Waals surface area contributed by atoms with Crippen LogP contribution in [0.25, 0.3) is 0 Å². The molecule has 17 heavy (non-hydrogen) atoms. The first-order valence-electron chi connectivity index (χ1n) is 5.10. The number of benzene rings is 1. The maximum absolute atomic E-state index is 5.67. The first kappa shape index (κ1) is 11.7. The van der Waals surface area contributed by atoms with Gasteiger partial charge in [-0.15, -0.1) is 10.2 Å². The largest absolute Gasteiger partial charge is 0.497 e. The van der Waals surface area contributed by atoms with Crippen molar-refractivity contribution in [2.45, 2.75) is 6.92 Å². The number of aromatic nitrogens is 2. The van der Waals surface area contributed by atoms with Gasteiger partial charge >= 0.3 is 0 Å². The van der Waals surface area contributed by atoms with Gasteiger partial charge in [0.1, 0.15) is 5.75 Å². The second-order valence-electron chi connectivity index (χ2n) is 3.55. The summed E-state index contributed by atoms with van der Waals surface area (Å²) in [5.41, 5.74) is 2.03. The lowest BCUT2D eigenvalue weighted by Crippen LogP contribution is -1.97. The first-order valence-corrected chi connectivity index (χ1v) is 5.48. The normalized spacial score (nSPS) is 10.1. The summed E-state index contributed by atoms with van der Waals surface area (Å²) in [5.74, 6) is 1.48. The van der Waals surface area contributed by atoms with Crippen LogP contribution >= 0.6 is 11.6 Å². The number of rotatable bonds is 3. The van der Waals surface area contributed by atoms with Gasteiger partial charge in [0, 0.05) is 5.69 Å². The molecule has 0 spiro atoms. The molecule has 0 saturated heterocycles. The highest BCUT2D eigenvalue weighted by Crippen LogP contribution is 2.23. The highest BCUT2D eigenvalue weighted by atomic mass is 35.5. The Balaban J connectivity index is 2.21. The Morgan fingerprint density at radius 3 is 2.59 bits per heavy atom. The van der Waals surface area contributed by atoms with Crippen molar-refractivity contribution in [3.63, 3.8) is 0 Å². The molecule has 2 rings (SSSR count). The lowest BCUT2D eigenvalue weighted by Gasteiger charge is -2.09. The third-order valence-electron chi connectivity index (χ3n) is 2.33. The number of methoxy groups -OCH3 is 1. The molecule has 0 atom stereocenters. The van der Waals surface area contributed by atoms with Crippen LogP contribution < -0.4 is 10.1 Å². The van der Waals surface area contributed by atoms with Crippen molar-refractivity contribution >= 4 is 23.1 Å². The van der Waals surface area contributed by atoms with Gasteiger partial charge in [-0.2, -0.15) is 0 Å². The molecule has 2 aromatic rings. The number of aryl methyl sites for hydroxylation is 1. The van der Waals surface area contributed by atoms with E-state index in [4.69, 9.17) is 16.3 Å². The van der Waals surface area contributed by atoms with Crippen LogP contribution in [0.15, 0.2) is 30.3 Å². The molecule has 0 aliphatic carbocycles. The minimum absolute atomic E-state index is 0.377. The summed E-state index contributed by atoms with van der Waals surface area (Å²) >= 11 is 5.67. The summed E-state index contributed by atoms with van der Waals surface area (Å²) in [7, 11) is 1.65. The smallest absolute Gasteiger partial charge is 0.153 e. The fraction of sp³-hybridized carbons (Fsp3) is 0.167. The van der Waals surface area contributed by atoms with Gasteiger partial charge in [0.2, 0.25) is 0 Å². The van der Waals surface area contributed by atoms with Crippen LogP contribution in [0.4, 0.5) is 11.5 Å². The van der Waals surface area contributed by atoms with Gasteiger partial charge < -0.3 is 10.1 Å². The van der Waals surface area contributed by atoms with E-state index < -0.39 is 0 Å². The Labute approximate surface area is 105 Å². The molecule has 0 radical (unpaired) electrons. The lowest BCUT2D eigenvalue weighted by atomic mass is 10.2. The summed E-state index contributed by atoms with van der Waals surface area (Å²) in [6.45, 7) is 1.99. The molecular formula is C12H12ClN3O. The standard InChI is InChI=1S/C12H12ClN3O/c1-8-7-9(17-2)3-4-10(8)14-12-6-5-11(13)15-16-12/h3-7H,1-2H3,(H,14,16). The minimum atomic E-state index is 0.377. The third kappa shape index (κ3) is 2.85. The van der Waals surface area contributed by atoms with Gasteiger partial charge in [-0.1, -0.05) is 11.6 Å². The second kappa shape index (κ2) is 5.01. The van der Waals surface area contributed by atoms with Gasteiger partial charge in [0.15, 0.2) is 11.0 Å². The fourth-order valence-corrected chi connectivity index (χ4v) is 1.52. The number of hydrogen-bond donors (Lipinski definition) is 1. The van der Waals surface area contributed by atoms with Gasteiger partial charge in [-0.25, -0.2) is 0 Å². The average Bonchev–Trinajstić information content (AvgIpc) is 2.34. The number of hydrogen-bond acceptors (Lipinski definition) is 4. The molecule has 0 fully saturated rings. The van der Waals surface area contributed by atoms with Crippen LogP contribution in [0.3, 0.4) is 0 Å². The van der Waals surface area contributed by atoms with E-state index in [1.807, 2.05) is 25.1 Å². The number of nitrogens with zero attached hydrogens (tertiary/aromatic N) is 2. The highest BCUT2D eigenvalue weighted by Gasteiger charge is 2.02. The van der Waals surface area contributed by atoms with E-state index in [9.17, 15) is 0 Å². The van der Waals surface area contributed by atoms with E-state index >= 15 is 0 Å².